The van der Waals surface area contributed by atoms with Gasteiger partial charge >= 0.3 is 5.69 Å². The number of ether oxygens (including phenoxy) is 3. The number of hydrogen-bond acceptors (Lipinski definition) is 5. The first-order chi connectivity index (χ1) is 14.5. The monoisotopic (exact) mass is 487 g/mol. The number of aromatic nitrogens is 3. The molecule has 1 atom stereocenters. The minimum absolute atomic E-state index is 0.0553. The second-order valence-corrected chi connectivity index (χ2v) is 7.11. The van der Waals surface area contributed by atoms with Crippen molar-refractivity contribution >= 4 is 21.8 Å². The number of rotatable bonds is 8. The lowest BCUT2D eigenvalue weighted by Crippen LogP contribution is -2.25. The summed E-state index contributed by atoms with van der Waals surface area (Å²) in [4.78, 5) is 13.9. The lowest BCUT2D eigenvalue weighted by Gasteiger charge is -2.22. The van der Waals surface area contributed by atoms with Gasteiger partial charge in [0.05, 0.1) is 12.2 Å². The number of nitrogens with zero attached hydrogens (tertiary/aromatic N) is 3. The van der Waals surface area contributed by atoms with Gasteiger partial charge in [-0.25, -0.2) is 13.6 Å². The zero-order valence-corrected chi connectivity index (χ0v) is 18.5. The Hall–Kier alpha value is -2.04. The molecule has 0 saturated carbocycles. The molecule has 1 aromatic carbocycles. The molecule has 1 aromatic heterocycles. The van der Waals surface area contributed by atoms with E-state index in [-0.39, 0.29) is 36.5 Å². The molecule has 10 heteroatoms. The zero-order valence-electron chi connectivity index (χ0n) is 16.9. The molecule has 0 N–H and O–H groups in total. The molecule has 0 aliphatic carbocycles. The number of hydrogen-bond donors (Lipinski definition) is 0. The van der Waals surface area contributed by atoms with E-state index < -0.39 is 17.3 Å². The van der Waals surface area contributed by atoms with Crippen LogP contribution in [0.25, 0.3) is 11.5 Å². The fourth-order valence-electron chi connectivity index (χ4n) is 3.25. The molecular weight excluding hydrogens is 464 g/mol. The van der Waals surface area contributed by atoms with E-state index in [0.29, 0.717) is 19.0 Å². The molecule has 0 amide bonds. The summed E-state index contributed by atoms with van der Waals surface area (Å²) in [6, 6.07) is 2.25. The standard InChI is InChI=1S/C20H24BrF2N3O4/c1-3-25-18(12-30-19-7-5-6-8-29-19)24-26(20(25)27)16-10-17(28-4-2)13(9-14(16)22)15(23)11-21/h9-11,19H,3-8,12H2,1-2H3/b15-11-. The molecule has 1 aliphatic heterocycles. The third kappa shape index (κ3) is 4.81. The van der Waals surface area contributed by atoms with Crippen LogP contribution in [-0.4, -0.2) is 33.9 Å². The summed E-state index contributed by atoms with van der Waals surface area (Å²) >= 11 is 2.90. The van der Waals surface area contributed by atoms with Gasteiger partial charge < -0.3 is 14.2 Å². The van der Waals surface area contributed by atoms with Crippen molar-refractivity contribution < 1.29 is 23.0 Å². The molecule has 0 bridgehead atoms. The lowest BCUT2D eigenvalue weighted by atomic mass is 10.1. The summed E-state index contributed by atoms with van der Waals surface area (Å²) in [6.45, 7) is 4.78. The van der Waals surface area contributed by atoms with Crippen molar-refractivity contribution in [2.45, 2.75) is 52.6 Å². The Bertz CT molecular complexity index is 968. The van der Waals surface area contributed by atoms with Crippen LogP contribution in [0.4, 0.5) is 8.78 Å². The van der Waals surface area contributed by atoms with Gasteiger partial charge in [-0.1, -0.05) is 15.9 Å². The van der Waals surface area contributed by atoms with Gasteiger partial charge in [-0.3, -0.25) is 4.57 Å². The van der Waals surface area contributed by atoms with Gasteiger partial charge in [-0.2, -0.15) is 4.68 Å². The van der Waals surface area contributed by atoms with Gasteiger partial charge in [0.1, 0.15) is 29.7 Å². The van der Waals surface area contributed by atoms with Gasteiger partial charge in [0, 0.05) is 24.2 Å². The molecule has 0 radical (unpaired) electrons. The van der Waals surface area contributed by atoms with Gasteiger partial charge in [0.2, 0.25) is 0 Å². The normalized spacial score (nSPS) is 17.4. The highest BCUT2D eigenvalue weighted by Crippen LogP contribution is 2.32. The van der Waals surface area contributed by atoms with E-state index in [0.717, 1.165) is 35.0 Å². The molecule has 2 aromatic rings. The fraction of sp³-hybridized carbons (Fsp3) is 0.500. The largest absolute Gasteiger partial charge is 0.493 e. The SMILES string of the molecule is CCOc1cc(-n2nc(COC3CCCCO3)n(CC)c2=O)c(F)cc1/C(F)=C/Br. The smallest absolute Gasteiger partial charge is 0.350 e. The summed E-state index contributed by atoms with van der Waals surface area (Å²) in [5.74, 6) is -1.04. The van der Waals surface area contributed by atoms with E-state index in [1.165, 1.54) is 10.6 Å². The molecule has 1 aliphatic rings. The first-order valence-electron chi connectivity index (χ1n) is 9.85. The molecule has 2 heterocycles. The predicted octanol–water partition coefficient (Wildman–Crippen LogP) is 4.30. The van der Waals surface area contributed by atoms with Crippen LogP contribution in [0.15, 0.2) is 21.9 Å². The van der Waals surface area contributed by atoms with Crippen molar-refractivity contribution in [2.75, 3.05) is 13.2 Å². The third-order valence-electron chi connectivity index (χ3n) is 4.72. The number of halogens is 3. The van der Waals surface area contributed by atoms with Gasteiger partial charge in [0.25, 0.3) is 0 Å². The molecule has 164 valence electrons. The summed E-state index contributed by atoms with van der Waals surface area (Å²) in [6.07, 6.45) is 2.44. The second kappa shape index (κ2) is 10.3. The Balaban J connectivity index is 1.97. The predicted molar refractivity (Wildman–Crippen MR) is 111 cm³/mol. The molecule has 30 heavy (non-hydrogen) atoms. The van der Waals surface area contributed by atoms with Crippen LogP contribution in [0.2, 0.25) is 0 Å². The summed E-state index contributed by atoms with van der Waals surface area (Å²) in [5.41, 5.74) is -0.709. The summed E-state index contributed by atoms with van der Waals surface area (Å²) in [7, 11) is 0. The average Bonchev–Trinajstić information content (AvgIpc) is 3.08. The van der Waals surface area contributed by atoms with E-state index in [1.807, 2.05) is 0 Å². The van der Waals surface area contributed by atoms with E-state index in [1.54, 1.807) is 13.8 Å². The maximum atomic E-state index is 14.8. The Morgan fingerprint density at radius 1 is 1.40 bits per heavy atom. The Kier molecular flexibility index (Phi) is 7.79. The highest BCUT2D eigenvalue weighted by Gasteiger charge is 2.22. The molecule has 0 spiro atoms. The average molecular weight is 488 g/mol. The second-order valence-electron chi connectivity index (χ2n) is 6.65. The van der Waals surface area contributed by atoms with Crippen molar-refractivity contribution in [3.05, 3.63) is 44.8 Å². The van der Waals surface area contributed by atoms with Crippen molar-refractivity contribution in [1.29, 1.82) is 0 Å². The summed E-state index contributed by atoms with van der Waals surface area (Å²) < 4.78 is 48.0. The lowest BCUT2D eigenvalue weighted by molar-refractivity contribution is -0.170. The molecule has 1 unspecified atom stereocenters. The molecule has 1 fully saturated rings. The Morgan fingerprint density at radius 3 is 2.83 bits per heavy atom. The van der Waals surface area contributed by atoms with Crippen LogP contribution in [0.3, 0.4) is 0 Å². The van der Waals surface area contributed by atoms with Crippen LogP contribution in [0, 0.1) is 5.82 Å². The van der Waals surface area contributed by atoms with Crippen molar-refractivity contribution in [3.8, 4) is 11.4 Å². The minimum Gasteiger partial charge on any atom is -0.493 e. The third-order valence-corrected chi connectivity index (χ3v) is 5.12. The van der Waals surface area contributed by atoms with Gasteiger partial charge in [-0.05, 0) is 39.2 Å². The molecule has 1 saturated heterocycles. The highest BCUT2D eigenvalue weighted by molar-refractivity contribution is 9.11. The first kappa shape index (κ1) is 22.6. The molecule has 3 rings (SSSR count). The maximum Gasteiger partial charge on any atom is 0.350 e. The summed E-state index contributed by atoms with van der Waals surface area (Å²) in [5, 5.41) is 4.27. The highest BCUT2D eigenvalue weighted by atomic mass is 79.9. The van der Waals surface area contributed by atoms with Crippen LogP contribution < -0.4 is 10.4 Å². The van der Waals surface area contributed by atoms with Crippen molar-refractivity contribution in [2.24, 2.45) is 0 Å². The van der Waals surface area contributed by atoms with Gasteiger partial charge in [0.15, 0.2) is 12.1 Å². The van der Waals surface area contributed by atoms with E-state index in [4.69, 9.17) is 14.2 Å². The minimum atomic E-state index is -0.802. The van der Waals surface area contributed by atoms with E-state index in [9.17, 15) is 13.6 Å². The zero-order chi connectivity index (χ0) is 21.7. The van der Waals surface area contributed by atoms with Crippen molar-refractivity contribution in [1.82, 2.24) is 14.3 Å². The maximum absolute atomic E-state index is 14.8. The quantitative estimate of drug-likeness (QED) is 0.555. The first-order valence-corrected chi connectivity index (χ1v) is 10.8. The number of benzene rings is 1. The van der Waals surface area contributed by atoms with Crippen LogP contribution in [-0.2, 0) is 22.6 Å². The Morgan fingerprint density at radius 2 is 2.20 bits per heavy atom. The Labute approximate surface area is 181 Å². The van der Waals surface area contributed by atoms with Crippen LogP contribution in [0.1, 0.15) is 44.5 Å². The van der Waals surface area contributed by atoms with Crippen LogP contribution >= 0.6 is 15.9 Å². The topological polar surface area (TPSA) is 67.5 Å². The van der Waals surface area contributed by atoms with E-state index in [2.05, 4.69) is 21.0 Å². The van der Waals surface area contributed by atoms with Gasteiger partial charge in [-0.15, -0.1) is 5.10 Å². The van der Waals surface area contributed by atoms with E-state index >= 15 is 0 Å². The fourth-order valence-corrected chi connectivity index (χ4v) is 3.50. The molecular formula is C20H24BrF2N3O4. The van der Waals surface area contributed by atoms with Crippen molar-refractivity contribution in [3.63, 3.8) is 0 Å². The molecule has 7 nitrogen and oxygen atoms in total. The van der Waals surface area contributed by atoms with Crippen LogP contribution in [0.5, 0.6) is 5.75 Å².